The lowest BCUT2D eigenvalue weighted by atomic mass is 10.1. The van der Waals surface area contributed by atoms with Crippen molar-refractivity contribution in [1.29, 1.82) is 0 Å². The van der Waals surface area contributed by atoms with E-state index in [0.29, 0.717) is 28.5 Å². The van der Waals surface area contributed by atoms with E-state index in [1.54, 1.807) is 31.6 Å². The Balaban J connectivity index is 1.79. The van der Waals surface area contributed by atoms with Crippen molar-refractivity contribution in [3.05, 3.63) is 42.5 Å². The van der Waals surface area contributed by atoms with E-state index in [1.165, 1.54) is 4.68 Å². The summed E-state index contributed by atoms with van der Waals surface area (Å²) in [6.07, 6.45) is 3.54. The highest BCUT2D eigenvalue weighted by Crippen LogP contribution is 2.32. The Labute approximate surface area is 171 Å². The van der Waals surface area contributed by atoms with Crippen LogP contribution in [0.3, 0.4) is 0 Å². The van der Waals surface area contributed by atoms with Crippen molar-refractivity contribution in [3.8, 4) is 22.5 Å². The van der Waals surface area contributed by atoms with Crippen molar-refractivity contribution >= 4 is 17.0 Å². The van der Waals surface area contributed by atoms with Crippen LogP contribution in [0.1, 0.15) is 12.5 Å². The topological polar surface area (TPSA) is 105 Å². The van der Waals surface area contributed by atoms with E-state index in [4.69, 9.17) is 0 Å². The van der Waals surface area contributed by atoms with Gasteiger partial charge in [-0.1, -0.05) is 0 Å². The second-order valence-electron chi connectivity index (χ2n) is 7.09. The molecule has 0 spiro atoms. The highest BCUT2D eigenvalue weighted by atomic mass is 19.3. The number of fused-ring (bicyclic) bond motifs is 1. The molecule has 4 heterocycles. The van der Waals surface area contributed by atoms with Crippen LogP contribution in [-0.2, 0) is 6.54 Å². The van der Waals surface area contributed by atoms with Crippen LogP contribution in [0, 0.1) is 6.92 Å². The fourth-order valence-corrected chi connectivity index (χ4v) is 3.15. The number of hydrogen-bond donors (Lipinski definition) is 3. The fourth-order valence-electron chi connectivity index (χ4n) is 3.15. The lowest BCUT2D eigenvalue weighted by Gasteiger charge is -2.08. The van der Waals surface area contributed by atoms with E-state index in [-0.39, 0.29) is 6.54 Å². The number of aryl methyl sites for hydroxylation is 1. The number of aromatic nitrogens is 6. The Morgan fingerprint density at radius 2 is 2.13 bits per heavy atom. The lowest BCUT2D eigenvalue weighted by Crippen LogP contribution is -2.16. The monoisotopic (exact) mass is 413 g/mol. The van der Waals surface area contributed by atoms with Crippen LogP contribution in [-0.4, -0.2) is 53.9 Å². The number of nitrogens with zero attached hydrogens (tertiary/aromatic N) is 5. The van der Waals surface area contributed by atoms with Gasteiger partial charge < -0.3 is 15.4 Å². The first-order chi connectivity index (χ1) is 14.4. The SMILES string of the molecule is Cc1c[nH]c2ncc(-c3nn(CC(F)F)cc3-c3ccnc(NC[C@H](C)O)n3)cc12. The molecule has 0 amide bonds. The number of anilines is 1. The van der Waals surface area contributed by atoms with E-state index in [9.17, 15) is 13.9 Å². The quantitative estimate of drug-likeness (QED) is 0.430. The van der Waals surface area contributed by atoms with Gasteiger partial charge in [0.1, 0.15) is 17.9 Å². The molecule has 0 aliphatic carbocycles. The predicted octanol–water partition coefficient (Wildman–Crippen LogP) is 3.25. The molecule has 156 valence electrons. The lowest BCUT2D eigenvalue weighted by molar-refractivity contribution is 0.122. The number of aliphatic hydroxyl groups is 1. The van der Waals surface area contributed by atoms with Crippen molar-refractivity contribution in [2.45, 2.75) is 32.9 Å². The van der Waals surface area contributed by atoms with Gasteiger partial charge in [0.2, 0.25) is 5.95 Å². The zero-order chi connectivity index (χ0) is 21.3. The molecule has 4 aromatic rings. The highest BCUT2D eigenvalue weighted by Gasteiger charge is 2.18. The van der Waals surface area contributed by atoms with Crippen LogP contribution in [0.2, 0.25) is 0 Å². The summed E-state index contributed by atoms with van der Waals surface area (Å²) in [4.78, 5) is 16.1. The predicted molar refractivity (Wildman–Crippen MR) is 109 cm³/mol. The van der Waals surface area contributed by atoms with E-state index in [2.05, 4.69) is 30.4 Å². The maximum atomic E-state index is 13.0. The molecule has 0 aromatic carbocycles. The smallest absolute Gasteiger partial charge is 0.257 e. The van der Waals surface area contributed by atoms with Crippen LogP contribution in [0.15, 0.2) is 36.9 Å². The molecule has 0 aliphatic heterocycles. The number of aliphatic hydroxyl groups excluding tert-OH is 1. The molecule has 0 aliphatic rings. The van der Waals surface area contributed by atoms with E-state index in [1.807, 2.05) is 19.2 Å². The maximum Gasteiger partial charge on any atom is 0.257 e. The number of hydrogen-bond acceptors (Lipinski definition) is 6. The summed E-state index contributed by atoms with van der Waals surface area (Å²) in [6, 6.07) is 3.62. The number of nitrogens with one attached hydrogen (secondary N) is 2. The molecule has 4 rings (SSSR count). The third kappa shape index (κ3) is 4.13. The molecule has 0 saturated heterocycles. The number of aromatic amines is 1. The highest BCUT2D eigenvalue weighted by molar-refractivity contribution is 5.87. The number of rotatable bonds is 7. The van der Waals surface area contributed by atoms with Crippen molar-refractivity contribution in [2.24, 2.45) is 0 Å². The summed E-state index contributed by atoms with van der Waals surface area (Å²) in [6.45, 7) is 3.37. The molecule has 8 nitrogen and oxygen atoms in total. The first-order valence-corrected chi connectivity index (χ1v) is 9.45. The van der Waals surface area contributed by atoms with Gasteiger partial charge in [-0.05, 0) is 31.5 Å². The average molecular weight is 413 g/mol. The third-order valence-corrected chi connectivity index (χ3v) is 4.59. The second-order valence-corrected chi connectivity index (χ2v) is 7.09. The molecule has 0 bridgehead atoms. The fraction of sp³-hybridized carbons (Fsp3) is 0.300. The largest absolute Gasteiger partial charge is 0.392 e. The van der Waals surface area contributed by atoms with Crippen molar-refractivity contribution in [2.75, 3.05) is 11.9 Å². The molecule has 0 fully saturated rings. The Hall–Kier alpha value is -3.40. The molecule has 30 heavy (non-hydrogen) atoms. The van der Waals surface area contributed by atoms with E-state index >= 15 is 0 Å². The zero-order valence-electron chi connectivity index (χ0n) is 16.5. The van der Waals surface area contributed by atoms with Crippen LogP contribution < -0.4 is 5.32 Å². The van der Waals surface area contributed by atoms with Gasteiger partial charge in [0, 0.05) is 47.8 Å². The van der Waals surface area contributed by atoms with Gasteiger partial charge in [-0.15, -0.1) is 0 Å². The Kier molecular flexibility index (Phi) is 5.40. The summed E-state index contributed by atoms with van der Waals surface area (Å²) in [5.74, 6) is 0.330. The second kappa shape index (κ2) is 8.15. The van der Waals surface area contributed by atoms with Crippen LogP contribution in [0.4, 0.5) is 14.7 Å². The van der Waals surface area contributed by atoms with Crippen molar-refractivity contribution in [3.63, 3.8) is 0 Å². The van der Waals surface area contributed by atoms with Crippen molar-refractivity contribution in [1.82, 2.24) is 29.7 Å². The number of alkyl halides is 2. The van der Waals surface area contributed by atoms with Crippen LogP contribution in [0.5, 0.6) is 0 Å². The zero-order valence-corrected chi connectivity index (χ0v) is 16.5. The minimum atomic E-state index is -2.54. The molecule has 0 unspecified atom stereocenters. The summed E-state index contributed by atoms with van der Waals surface area (Å²) in [5.41, 5.74) is 4.10. The Morgan fingerprint density at radius 1 is 1.30 bits per heavy atom. The molecular formula is C20H21F2N7O. The molecule has 3 N–H and O–H groups in total. The standard InChI is InChI=1S/C20H21F2N7O/c1-11-6-24-19-14(11)5-13(8-25-19)18-15(9-29(28-18)10-17(21)22)16-3-4-23-20(27-16)26-7-12(2)30/h3-6,8-9,12,17,30H,7,10H2,1-2H3,(H,24,25)(H,23,26,27)/t12-/m0/s1. The molecule has 4 aromatic heterocycles. The van der Waals surface area contributed by atoms with Gasteiger partial charge in [0.15, 0.2) is 0 Å². The van der Waals surface area contributed by atoms with Gasteiger partial charge in [-0.25, -0.2) is 23.7 Å². The average Bonchev–Trinajstić information content (AvgIpc) is 3.30. The molecule has 0 saturated carbocycles. The van der Waals surface area contributed by atoms with E-state index < -0.39 is 19.1 Å². The molecular weight excluding hydrogens is 392 g/mol. The maximum absolute atomic E-state index is 13.0. The molecule has 10 heteroatoms. The minimum Gasteiger partial charge on any atom is -0.392 e. The van der Waals surface area contributed by atoms with Gasteiger partial charge in [-0.2, -0.15) is 5.10 Å². The third-order valence-electron chi connectivity index (χ3n) is 4.59. The molecule has 0 radical (unpaired) electrons. The summed E-state index contributed by atoms with van der Waals surface area (Å²) >= 11 is 0. The first kappa shape index (κ1) is 19.9. The summed E-state index contributed by atoms with van der Waals surface area (Å²) in [7, 11) is 0. The van der Waals surface area contributed by atoms with Crippen LogP contribution in [0.25, 0.3) is 33.5 Å². The van der Waals surface area contributed by atoms with Gasteiger partial charge in [0.05, 0.1) is 11.8 Å². The minimum absolute atomic E-state index is 0.286. The number of halogens is 2. The summed E-state index contributed by atoms with van der Waals surface area (Å²) < 4.78 is 27.2. The van der Waals surface area contributed by atoms with Gasteiger partial charge >= 0.3 is 0 Å². The van der Waals surface area contributed by atoms with Crippen molar-refractivity contribution < 1.29 is 13.9 Å². The van der Waals surface area contributed by atoms with Crippen LogP contribution >= 0.6 is 0 Å². The normalized spacial score (nSPS) is 12.6. The Morgan fingerprint density at radius 3 is 2.90 bits per heavy atom. The Bertz CT molecular complexity index is 1170. The molecule has 1 atom stereocenters. The summed E-state index contributed by atoms with van der Waals surface area (Å²) in [5, 5.41) is 17.7. The number of H-pyrrole nitrogens is 1. The van der Waals surface area contributed by atoms with Gasteiger partial charge in [0.25, 0.3) is 6.43 Å². The number of pyridine rings is 1. The van der Waals surface area contributed by atoms with Gasteiger partial charge in [-0.3, -0.25) is 4.68 Å². The first-order valence-electron chi connectivity index (χ1n) is 9.45. The van der Waals surface area contributed by atoms with E-state index in [0.717, 1.165) is 16.6 Å².